The van der Waals surface area contributed by atoms with Gasteiger partial charge in [-0.25, -0.2) is 22.5 Å². The number of hydrogen-bond donors (Lipinski definition) is 4. The fraction of sp³-hybridized carbons (Fsp3) is 0.707. The molecule has 3 aromatic rings. The highest BCUT2D eigenvalue weighted by Crippen LogP contribution is 2.63. The minimum atomic E-state index is -4.89. The molecule has 0 aromatic carbocycles. The minimum Gasteiger partial charge on any atom is -0.386 e. The largest absolute Gasteiger partial charge is 0.472 e. The summed E-state index contributed by atoms with van der Waals surface area (Å²) in [5.41, 5.74) is 3.46. The molecule has 5 rings (SSSR count). The summed E-state index contributed by atoms with van der Waals surface area (Å²) in [4.78, 5) is 22.7. The van der Waals surface area contributed by atoms with Crippen molar-refractivity contribution in [3.05, 3.63) is 48.2 Å². The van der Waals surface area contributed by atoms with Crippen molar-refractivity contribution in [2.75, 3.05) is 38.4 Å². The number of fused-ring (bicyclic) bond motifs is 2. The van der Waals surface area contributed by atoms with Gasteiger partial charge in [0, 0.05) is 25.3 Å². The van der Waals surface area contributed by atoms with Crippen LogP contribution in [0.3, 0.4) is 0 Å². The number of phosphoric ester groups is 1. The second-order valence-corrected chi connectivity index (χ2v) is 19.6. The maximum absolute atomic E-state index is 13.3. The number of anilines is 1. The first kappa shape index (κ1) is 48.1. The number of nitrogen functional groups attached to an aromatic ring is 1. The molecular formula is C41H65N6O11PS. The Balaban J connectivity index is 1.07. The van der Waals surface area contributed by atoms with Crippen molar-refractivity contribution in [1.29, 1.82) is 0 Å². The van der Waals surface area contributed by atoms with Crippen LogP contribution in [0.1, 0.15) is 121 Å². The first-order valence-electron chi connectivity index (χ1n) is 21.4. The Morgan fingerprint density at radius 3 is 2.22 bits per heavy atom. The van der Waals surface area contributed by atoms with Crippen molar-refractivity contribution in [3.63, 3.8) is 0 Å². The van der Waals surface area contributed by atoms with Crippen LogP contribution in [0.5, 0.6) is 0 Å². The van der Waals surface area contributed by atoms with Crippen LogP contribution in [0.4, 0.5) is 5.82 Å². The lowest BCUT2D eigenvalue weighted by Gasteiger charge is -2.34. The number of ether oxygens (including phenoxy) is 3. The Kier molecular flexibility index (Phi) is 18.0. The van der Waals surface area contributed by atoms with Crippen molar-refractivity contribution in [1.82, 2.24) is 19.6 Å². The predicted octanol–water partition coefficient (Wildman–Crippen LogP) is 5.88. The molecule has 1 aliphatic heterocycles. The Hall–Kier alpha value is -2.90. The maximum Gasteiger partial charge on any atom is 0.472 e. The summed E-state index contributed by atoms with van der Waals surface area (Å²) in [5, 5.41) is 27.3. The van der Waals surface area contributed by atoms with E-state index in [4.69, 9.17) is 29.0 Å². The topological polar surface area (TPSA) is 240 Å². The average molecular weight is 881 g/mol. The summed E-state index contributed by atoms with van der Waals surface area (Å²) in [6.45, 7) is 5.51. The summed E-state index contributed by atoms with van der Waals surface area (Å²) in [7, 11) is -8.40. The van der Waals surface area contributed by atoms with E-state index in [-0.39, 0.29) is 30.5 Å². The molecule has 3 aromatic heterocycles. The Morgan fingerprint density at radius 1 is 1.00 bits per heavy atom. The molecule has 2 fully saturated rings. The molecule has 1 saturated carbocycles. The van der Waals surface area contributed by atoms with Crippen LogP contribution in [0.2, 0.25) is 0 Å². The van der Waals surface area contributed by atoms with Crippen LogP contribution in [-0.4, -0.2) is 112 Å². The van der Waals surface area contributed by atoms with Gasteiger partial charge in [0.15, 0.2) is 26.9 Å². The Morgan fingerprint density at radius 2 is 1.63 bits per heavy atom. The number of unbranched alkanes of at least 4 members (excludes halogenated alkanes) is 15. The Labute approximate surface area is 354 Å². The number of nitrogens with zero attached hydrogens (tertiary/aromatic N) is 5. The highest BCUT2D eigenvalue weighted by atomic mass is 32.2. The number of aliphatic imine (C=N–C) groups is 1. The van der Waals surface area contributed by atoms with Crippen LogP contribution >= 0.6 is 7.82 Å². The van der Waals surface area contributed by atoms with Crippen molar-refractivity contribution in [2.24, 2.45) is 4.99 Å². The number of hydrogen-bond acceptors (Lipinski definition) is 15. The number of sulfone groups is 1. The van der Waals surface area contributed by atoms with Crippen LogP contribution in [0.15, 0.2) is 46.8 Å². The third kappa shape index (κ3) is 12.6. The van der Waals surface area contributed by atoms with Crippen LogP contribution in [0.25, 0.3) is 5.52 Å². The molecule has 0 bridgehead atoms. The number of aliphatic hydroxyl groups excluding tert-OH is 1. The lowest BCUT2D eigenvalue weighted by atomic mass is 9.89. The summed E-state index contributed by atoms with van der Waals surface area (Å²) in [6.07, 6.45) is 19.9. The normalized spacial score (nSPS) is 24.1. The smallest absolute Gasteiger partial charge is 0.386 e. The van der Waals surface area contributed by atoms with E-state index in [1.54, 1.807) is 12.1 Å². The monoisotopic (exact) mass is 880 g/mol. The second kappa shape index (κ2) is 22.5. The van der Waals surface area contributed by atoms with Crippen molar-refractivity contribution >= 4 is 35.7 Å². The van der Waals surface area contributed by atoms with E-state index in [1.807, 2.05) is 0 Å². The van der Waals surface area contributed by atoms with Gasteiger partial charge in [-0.3, -0.25) is 19.0 Å². The number of aromatic nitrogens is 4. The van der Waals surface area contributed by atoms with Crippen LogP contribution in [0, 0.1) is 0 Å². The van der Waals surface area contributed by atoms with Gasteiger partial charge in [-0.05, 0) is 36.9 Å². The van der Waals surface area contributed by atoms with Gasteiger partial charge >= 0.3 is 7.82 Å². The molecule has 60 heavy (non-hydrogen) atoms. The highest BCUT2D eigenvalue weighted by molar-refractivity contribution is 7.90. The molecule has 1 saturated heterocycles. The zero-order valence-electron chi connectivity index (χ0n) is 35.1. The number of nitrogens with two attached hydrogens (primary N) is 1. The quantitative estimate of drug-likeness (QED) is 0.0335. The Bertz CT molecular complexity index is 1970. The maximum atomic E-state index is 13.3. The van der Waals surface area contributed by atoms with E-state index in [0.717, 1.165) is 25.5 Å². The molecule has 4 heterocycles. The van der Waals surface area contributed by atoms with E-state index < -0.39 is 59.9 Å². The molecule has 5 N–H and O–H groups in total. The minimum absolute atomic E-state index is 0.00612. The SMILES string of the molecule is C=NC[C@@]1(c2ccc3c(N)ncnn23)O[C@@H]2C(OP(=O)(O)OC[C@@H](COCCCCCCCCCCCCCCCCCC)OCc3cncc(S(C)(=O)=O)c3)[C@]2(O)[C@H]1O. The molecule has 336 valence electrons. The third-order valence-electron chi connectivity index (χ3n) is 11.4. The molecule has 2 aliphatic rings. The number of pyridine rings is 1. The van der Waals surface area contributed by atoms with Gasteiger partial charge < -0.3 is 35.1 Å². The fourth-order valence-corrected chi connectivity index (χ4v) is 9.47. The van der Waals surface area contributed by atoms with Gasteiger partial charge in [0.2, 0.25) is 0 Å². The van der Waals surface area contributed by atoms with Crippen LogP contribution in [-0.2, 0) is 49.9 Å². The lowest BCUT2D eigenvalue weighted by Crippen LogP contribution is -2.50. The number of rotatable bonds is 31. The zero-order chi connectivity index (χ0) is 43.2. The second-order valence-electron chi connectivity index (χ2n) is 16.2. The van der Waals surface area contributed by atoms with E-state index in [2.05, 4.69) is 33.7 Å². The first-order valence-corrected chi connectivity index (χ1v) is 24.7. The van der Waals surface area contributed by atoms with Gasteiger partial charge in [0.1, 0.15) is 36.3 Å². The first-order chi connectivity index (χ1) is 28.8. The molecule has 7 atom stereocenters. The van der Waals surface area contributed by atoms with E-state index in [9.17, 15) is 28.1 Å². The summed E-state index contributed by atoms with van der Waals surface area (Å²) in [5.74, 6) is 0.181. The van der Waals surface area contributed by atoms with E-state index in [0.29, 0.717) is 23.4 Å². The molecule has 1 aliphatic carbocycles. The molecule has 0 spiro atoms. The van der Waals surface area contributed by atoms with Crippen molar-refractivity contribution in [2.45, 2.75) is 157 Å². The standard InChI is InChI=1S/C41H65N6O11PS/c1-4-5-6-7-8-9-10-11-12-13-14-15-16-17-18-19-22-54-27-32(55-26-31-23-33(25-44-24-31)60(3,52)53)28-56-59(50,51)58-37-36-41(37,49)39(48)40(57-36,29-43-2)35-21-20-34-38(42)45-30-46-47(34)35/h20-21,23-25,30,32,36-37,39,48-49H,2,4-19,22,26-29H2,1,3H3,(H,50,51)(H2,42,45,46)/t32-,36-,37?,39+,40+,41+/m1/s1. The van der Waals surface area contributed by atoms with Gasteiger partial charge in [-0.15, -0.1) is 0 Å². The third-order valence-corrected chi connectivity index (χ3v) is 13.4. The molecule has 19 heteroatoms. The number of phosphoric acid groups is 1. The zero-order valence-corrected chi connectivity index (χ0v) is 36.8. The molecule has 0 amide bonds. The van der Waals surface area contributed by atoms with Crippen molar-refractivity contribution in [3.8, 4) is 0 Å². The highest BCUT2D eigenvalue weighted by Gasteiger charge is 2.83. The molecule has 17 nitrogen and oxygen atoms in total. The molecule has 0 radical (unpaired) electrons. The fourth-order valence-electron chi connectivity index (χ4n) is 7.87. The van der Waals surface area contributed by atoms with E-state index >= 15 is 0 Å². The van der Waals surface area contributed by atoms with Crippen molar-refractivity contribution < 1.29 is 51.3 Å². The van der Waals surface area contributed by atoms with Gasteiger partial charge in [-0.1, -0.05) is 103 Å². The molecular weight excluding hydrogens is 816 g/mol. The van der Waals surface area contributed by atoms with E-state index in [1.165, 1.54) is 113 Å². The lowest BCUT2D eigenvalue weighted by molar-refractivity contribution is -0.131. The van der Waals surface area contributed by atoms with Gasteiger partial charge in [0.25, 0.3) is 0 Å². The molecule has 2 unspecified atom stereocenters. The average Bonchev–Trinajstić information content (AvgIpc) is 3.45. The van der Waals surface area contributed by atoms with Gasteiger partial charge in [0.05, 0.1) is 37.0 Å². The number of aliphatic hydroxyl groups is 2. The summed E-state index contributed by atoms with van der Waals surface area (Å²) >= 11 is 0. The van der Waals surface area contributed by atoms with Crippen LogP contribution < -0.4 is 5.73 Å². The summed E-state index contributed by atoms with van der Waals surface area (Å²) in [6, 6.07) is 4.68. The predicted molar refractivity (Wildman–Crippen MR) is 226 cm³/mol. The summed E-state index contributed by atoms with van der Waals surface area (Å²) < 4.78 is 67.6. The van der Waals surface area contributed by atoms with Gasteiger partial charge in [-0.2, -0.15) is 5.10 Å².